The first kappa shape index (κ1) is 18.8. The predicted octanol–water partition coefficient (Wildman–Crippen LogP) is 1.74. The van der Waals surface area contributed by atoms with E-state index in [-0.39, 0.29) is 12.3 Å². The molecular formula is C14H17BrN4O3S2. The highest BCUT2D eigenvalue weighted by Crippen LogP contribution is 2.13. The molecule has 0 saturated heterocycles. The molecule has 0 unspecified atom stereocenters. The molecule has 1 amide bonds. The van der Waals surface area contributed by atoms with Gasteiger partial charge < -0.3 is 9.88 Å². The molecule has 2 rings (SSSR count). The quantitative estimate of drug-likeness (QED) is 0.649. The average Bonchev–Trinajstić information content (AvgIpc) is 2.80. The van der Waals surface area contributed by atoms with Crippen molar-refractivity contribution in [2.75, 3.05) is 12.3 Å². The van der Waals surface area contributed by atoms with Crippen LogP contribution in [0.15, 0.2) is 28.7 Å². The number of H-pyrrole nitrogens is 1. The van der Waals surface area contributed by atoms with Crippen LogP contribution in [0.25, 0.3) is 0 Å². The number of hydrogen-bond acceptors (Lipinski definition) is 5. The Kier molecular flexibility index (Phi) is 6.30. The summed E-state index contributed by atoms with van der Waals surface area (Å²) in [4.78, 5) is 11.8. The predicted molar refractivity (Wildman–Crippen MR) is 96.8 cm³/mol. The number of carbonyl (C=O) groups excluding carboxylic acids is 1. The number of halogens is 1. The van der Waals surface area contributed by atoms with E-state index in [0.29, 0.717) is 22.7 Å². The highest BCUT2D eigenvalue weighted by molar-refractivity contribution is 9.10. The van der Waals surface area contributed by atoms with E-state index in [1.165, 1.54) is 0 Å². The fraction of sp³-hybridized carbons (Fsp3) is 0.357. The number of amides is 1. The first-order valence-electron chi connectivity index (χ1n) is 7.10. The topological polar surface area (TPSA) is 96.8 Å². The zero-order valence-corrected chi connectivity index (χ0v) is 16.2. The molecule has 0 aliphatic heterocycles. The summed E-state index contributed by atoms with van der Waals surface area (Å²) in [6.45, 7) is 2.50. The third-order valence-corrected chi connectivity index (χ3v) is 5.57. The minimum Gasteiger partial charge on any atom is -0.353 e. The number of hydrogen-bond donors (Lipinski definition) is 2. The number of aromatic nitrogens is 3. The molecule has 1 aromatic heterocycles. The molecule has 10 heteroatoms. The van der Waals surface area contributed by atoms with Crippen LogP contribution in [-0.4, -0.2) is 41.4 Å². The van der Waals surface area contributed by atoms with Crippen LogP contribution in [0.3, 0.4) is 0 Å². The third-order valence-electron chi connectivity index (χ3n) is 3.26. The van der Waals surface area contributed by atoms with E-state index in [4.69, 9.17) is 12.2 Å². The molecule has 0 atom stereocenters. The van der Waals surface area contributed by atoms with Crippen LogP contribution in [0.4, 0.5) is 0 Å². The van der Waals surface area contributed by atoms with Crippen molar-refractivity contribution in [3.8, 4) is 0 Å². The van der Waals surface area contributed by atoms with Crippen LogP contribution in [0.1, 0.15) is 11.4 Å². The lowest BCUT2D eigenvalue weighted by atomic mass is 10.2. The van der Waals surface area contributed by atoms with Gasteiger partial charge in [0.2, 0.25) is 5.91 Å². The van der Waals surface area contributed by atoms with Crippen molar-refractivity contribution in [3.05, 3.63) is 44.9 Å². The molecule has 0 spiro atoms. The highest BCUT2D eigenvalue weighted by atomic mass is 79.9. The summed E-state index contributed by atoms with van der Waals surface area (Å²) in [7, 11) is -3.52. The minimum atomic E-state index is -3.52. The van der Waals surface area contributed by atoms with E-state index in [1.54, 1.807) is 35.8 Å². The largest absolute Gasteiger partial charge is 0.353 e. The molecule has 2 N–H and O–H groups in total. The molecule has 0 saturated carbocycles. The van der Waals surface area contributed by atoms with Crippen molar-refractivity contribution in [3.63, 3.8) is 0 Å². The molecule has 130 valence electrons. The van der Waals surface area contributed by atoms with Crippen molar-refractivity contribution >= 4 is 43.9 Å². The maximum absolute atomic E-state index is 12.1. The summed E-state index contributed by atoms with van der Waals surface area (Å²) < 4.78 is 27.2. The van der Waals surface area contributed by atoms with Crippen molar-refractivity contribution in [1.82, 2.24) is 20.1 Å². The lowest BCUT2D eigenvalue weighted by Crippen LogP contribution is -2.33. The number of benzene rings is 1. The van der Waals surface area contributed by atoms with Gasteiger partial charge in [0.05, 0.1) is 5.75 Å². The van der Waals surface area contributed by atoms with E-state index in [2.05, 4.69) is 31.4 Å². The highest BCUT2D eigenvalue weighted by Gasteiger charge is 2.17. The molecule has 7 nitrogen and oxygen atoms in total. The smallest absolute Gasteiger partial charge is 0.235 e. The van der Waals surface area contributed by atoms with Crippen LogP contribution >= 0.6 is 28.1 Å². The SMILES string of the molecule is Cc1n[nH]c(=S)n1CCNC(=O)CS(=O)(=O)Cc1ccc(Br)cc1. The second-order valence-electron chi connectivity index (χ2n) is 5.24. The molecule has 2 aromatic rings. The maximum Gasteiger partial charge on any atom is 0.235 e. The van der Waals surface area contributed by atoms with Gasteiger partial charge in [-0.3, -0.25) is 9.89 Å². The first-order chi connectivity index (χ1) is 11.3. The van der Waals surface area contributed by atoms with Gasteiger partial charge in [-0.15, -0.1) is 0 Å². The van der Waals surface area contributed by atoms with Crippen LogP contribution in [0, 0.1) is 11.7 Å². The number of nitrogens with zero attached hydrogens (tertiary/aromatic N) is 2. The van der Waals surface area contributed by atoms with Crippen LogP contribution in [0.2, 0.25) is 0 Å². The monoisotopic (exact) mass is 432 g/mol. The molecule has 1 heterocycles. The van der Waals surface area contributed by atoms with Crippen LogP contribution in [-0.2, 0) is 26.9 Å². The third kappa shape index (κ3) is 5.53. The normalized spacial score (nSPS) is 11.4. The molecule has 0 radical (unpaired) electrons. The van der Waals surface area contributed by atoms with E-state index in [0.717, 1.165) is 4.47 Å². The van der Waals surface area contributed by atoms with E-state index in [1.807, 2.05) is 0 Å². The minimum absolute atomic E-state index is 0.167. The summed E-state index contributed by atoms with van der Waals surface area (Å²) in [5.74, 6) is -0.532. The van der Waals surface area contributed by atoms with Crippen LogP contribution in [0.5, 0.6) is 0 Å². The van der Waals surface area contributed by atoms with Gasteiger partial charge in [0.15, 0.2) is 14.6 Å². The fourth-order valence-electron chi connectivity index (χ4n) is 2.10. The lowest BCUT2D eigenvalue weighted by molar-refractivity contribution is -0.118. The number of sulfone groups is 1. The van der Waals surface area contributed by atoms with Gasteiger partial charge in [-0.1, -0.05) is 28.1 Å². The van der Waals surface area contributed by atoms with E-state index < -0.39 is 21.5 Å². The Balaban J connectivity index is 1.84. The van der Waals surface area contributed by atoms with Crippen molar-refractivity contribution in [1.29, 1.82) is 0 Å². The summed E-state index contributed by atoms with van der Waals surface area (Å²) in [6, 6.07) is 6.95. The van der Waals surface area contributed by atoms with Gasteiger partial charge in [0, 0.05) is 17.6 Å². The molecule has 0 aliphatic carbocycles. The zero-order valence-electron chi connectivity index (χ0n) is 13.0. The fourth-order valence-corrected chi connectivity index (χ4v) is 3.94. The summed E-state index contributed by atoms with van der Waals surface area (Å²) >= 11 is 8.35. The second kappa shape index (κ2) is 8.04. The van der Waals surface area contributed by atoms with E-state index >= 15 is 0 Å². The van der Waals surface area contributed by atoms with Gasteiger partial charge in [-0.2, -0.15) is 5.10 Å². The Morgan fingerprint density at radius 2 is 2.04 bits per heavy atom. The summed E-state index contributed by atoms with van der Waals surface area (Å²) in [5, 5.41) is 9.20. The second-order valence-corrected chi connectivity index (χ2v) is 8.60. The van der Waals surface area contributed by atoms with Gasteiger partial charge in [-0.05, 0) is 36.8 Å². The van der Waals surface area contributed by atoms with Gasteiger partial charge in [-0.25, -0.2) is 8.42 Å². The van der Waals surface area contributed by atoms with E-state index in [9.17, 15) is 13.2 Å². The Morgan fingerprint density at radius 1 is 1.38 bits per heavy atom. The summed E-state index contributed by atoms with van der Waals surface area (Å²) in [6.07, 6.45) is 0. The average molecular weight is 433 g/mol. The molecule has 0 aliphatic rings. The van der Waals surface area contributed by atoms with Crippen molar-refractivity contribution < 1.29 is 13.2 Å². The van der Waals surface area contributed by atoms with Gasteiger partial charge >= 0.3 is 0 Å². The summed E-state index contributed by atoms with van der Waals surface area (Å²) in [5.41, 5.74) is 0.645. The lowest BCUT2D eigenvalue weighted by Gasteiger charge is -2.08. The molecule has 0 fully saturated rings. The molecule has 0 bridgehead atoms. The Labute approximate surface area is 153 Å². The number of aryl methyl sites for hydroxylation is 1. The first-order valence-corrected chi connectivity index (χ1v) is 10.1. The molecule has 1 aromatic carbocycles. The molecular weight excluding hydrogens is 416 g/mol. The zero-order chi connectivity index (χ0) is 17.7. The van der Waals surface area contributed by atoms with Crippen molar-refractivity contribution in [2.45, 2.75) is 19.2 Å². The van der Waals surface area contributed by atoms with Crippen LogP contribution < -0.4 is 5.32 Å². The van der Waals surface area contributed by atoms with Gasteiger partial charge in [0.25, 0.3) is 0 Å². The number of aromatic amines is 1. The Morgan fingerprint density at radius 3 is 2.62 bits per heavy atom. The number of carbonyl (C=O) groups is 1. The molecule has 24 heavy (non-hydrogen) atoms. The Bertz CT molecular complexity index is 872. The van der Waals surface area contributed by atoms with Crippen molar-refractivity contribution in [2.24, 2.45) is 0 Å². The standard InChI is InChI=1S/C14H17BrN4O3S2/c1-10-17-18-14(23)19(10)7-6-16-13(20)9-24(21,22)8-11-2-4-12(15)5-3-11/h2-5H,6-9H2,1H3,(H,16,20)(H,18,23). The Hall–Kier alpha value is -1.52. The van der Waals surface area contributed by atoms with Gasteiger partial charge in [0.1, 0.15) is 11.6 Å². The number of nitrogens with one attached hydrogen (secondary N) is 2. The number of rotatable bonds is 7. The maximum atomic E-state index is 12.1.